The van der Waals surface area contributed by atoms with Crippen LogP contribution in [0, 0.1) is 0 Å². The molecule has 3 heterocycles. The van der Waals surface area contributed by atoms with Gasteiger partial charge in [-0.1, -0.05) is 0 Å². The molecule has 3 atom stereocenters. The summed E-state index contributed by atoms with van der Waals surface area (Å²) in [5.74, 6) is 0.857. The molecule has 1 aliphatic rings. The molecule has 1 fully saturated rings. The van der Waals surface area contributed by atoms with Gasteiger partial charge in [0, 0.05) is 50.0 Å². The molecule has 0 radical (unpaired) electrons. The predicted molar refractivity (Wildman–Crippen MR) is 87.9 cm³/mol. The van der Waals surface area contributed by atoms with Crippen LogP contribution in [-0.4, -0.2) is 62.5 Å². The van der Waals surface area contributed by atoms with Gasteiger partial charge < -0.3 is 14.4 Å². The second kappa shape index (κ2) is 7.21. The topological polar surface area (TPSA) is 63.4 Å². The number of rotatable bonds is 5. The summed E-state index contributed by atoms with van der Waals surface area (Å²) in [5.41, 5.74) is 1.01. The Kier molecular flexibility index (Phi) is 5.05. The minimum absolute atomic E-state index is 0.214. The van der Waals surface area contributed by atoms with Gasteiger partial charge in [-0.15, -0.1) is 0 Å². The minimum Gasteiger partial charge on any atom is -0.390 e. The summed E-state index contributed by atoms with van der Waals surface area (Å²) in [6, 6.07) is 3.85. The van der Waals surface area contributed by atoms with Crippen LogP contribution in [-0.2, 0) is 11.3 Å². The van der Waals surface area contributed by atoms with E-state index in [4.69, 9.17) is 4.74 Å². The van der Waals surface area contributed by atoms with Gasteiger partial charge in [0.25, 0.3) is 0 Å². The minimum atomic E-state index is -0.442. The average molecular weight is 316 g/mol. The number of morpholine rings is 1. The van der Waals surface area contributed by atoms with Gasteiger partial charge in [0.15, 0.2) is 0 Å². The summed E-state index contributed by atoms with van der Waals surface area (Å²) in [6.45, 7) is 7.05. The van der Waals surface area contributed by atoms with Crippen LogP contribution in [0.15, 0.2) is 36.9 Å². The first-order valence-electron chi connectivity index (χ1n) is 8.09. The Balaban J connectivity index is 1.63. The van der Waals surface area contributed by atoms with Gasteiger partial charge in [0.1, 0.15) is 5.82 Å². The number of hydrogen-bond acceptors (Lipinski definition) is 5. The van der Waals surface area contributed by atoms with E-state index in [0.717, 1.165) is 24.5 Å². The van der Waals surface area contributed by atoms with Gasteiger partial charge in [-0.25, -0.2) is 4.98 Å². The Morgan fingerprint density at radius 2 is 1.87 bits per heavy atom. The molecule has 3 unspecified atom stereocenters. The molecule has 1 aliphatic heterocycles. The fourth-order valence-electron chi connectivity index (χ4n) is 3.23. The van der Waals surface area contributed by atoms with Gasteiger partial charge in [-0.2, -0.15) is 0 Å². The van der Waals surface area contributed by atoms with Crippen LogP contribution in [0.3, 0.4) is 0 Å². The monoisotopic (exact) mass is 316 g/mol. The van der Waals surface area contributed by atoms with Crippen molar-refractivity contribution in [1.29, 1.82) is 0 Å². The maximum absolute atomic E-state index is 10.5. The molecule has 3 rings (SSSR count). The summed E-state index contributed by atoms with van der Waals surface area (Å²) in [7, 11) is 0. The molecule has 0 aromatic carbocycles. The van der Waals surface area contributed by atoms with E-state index in [0.29, 0.717) is 13.1 Å². The van der Waals surface area contributed by atoms with Crippen molar-refractivity contribution in [2.24, 2.45) is 0 Å². The van der Waals surface area contributed by atoms with Crippen molar-refractivity contribution < 1.29 is 9.84 Å². The van der Waals surface area contributed by atoms with Crippen LogP contribution in [0.2, 0.25) is 0 Å². The molecule has 124 valence electrons. The zero-order chi connectivity index (χ0) is 16.2. The highest BCUT2D eigenvalue weighted by molar-refractivity contribution is 5.54. The van der Waals surface area contributed by atoms with Gasteiger partial charge in [0.05, 0.1) is 24.9 Å². The summed E-state index contributed by atoms with van der Waals surface area (Å²) in [5, 5.41) is 10.5. The molecule has 0 amide bonds. The number of ether oxygens (including phenoxy) is 1. The number of imidazole rings is 1. The third-order valence-corrected chi connectivity index (χ3v) is 4.03. The maximum atomic E-state index is 10.5. The summed E-state index contributed by atoms with van der Waals surface area (Å²) >= 11 is 0. The largest absolute Gasteiger partial charge is 0.390 e. The molecule has 23 heavy (non-hydrogen) atoms. The second-order valence-electron chi connectivity index (χ2n) is 6.27. The van der Waals surface area contributed by atoms with Crippen LogP contribution in [0.5, 0.6) is 0 Å². The number of nitrogens with zero attached hydrogens (tertiary/aromatic N) is 4. The van der Waals surface area contributed by atoms with Gasteiger partial charge in [0.2, 0.25) is 0 Å². The zero-order valence-electron chi connectivity index (χ0n) is 13.7. The zero-order valence-corrected chi connectivity index (χ0v) is 13.7. The van der Waals surface area contributed by atoms with E-state index in [1.54, 1.807) is 18.6 Å². The second-order valence-corrected chi connectivity index (χ2v) is 6.27. The Morgan fingerprint density at radius 1 is 1.17 bits per heavy atom. The third-order valence-electron chi connectivity index (χ3n) is 4.03. The lowest BCUT2D eigenvalue weighted by atomic mass is 10.2. The maximum Gasteiger partial charge on any atom is 0.140 e. The fraction of sp³-hybridized carbons (Fsp3) is 0.529. The SMILES string of the molecule is CC1CN(CC(O)Cn2ccnc2-c2ccncc2)CC(C)O1. The molecular weight excluding hydrogens is 292 g/mol. The Hall–Kier alpha value is -1.76. The Labute approximate surface area is 136 Å². The van der Waals surface area contributed by atoms with Crippen LogP contribution >= 0.6 is 0 Å². The normalized spacial score (nSPS) is 23.8. The smallest absolute Gasteiger partial charge is 0.140 e. The van der Waals surface area contributed by atoms with Crippen LogP contribution in [0.1, 0.15) is 13.8 Å². The number of aliphatic hydroxyl groups is 1. The lowest BCUT2D eigenvalue weighted by Gasteiger charge is -2.36. The average Bonchev–Trinajstić information content (AvgIpc) is 2.95. The van der Waals surface area contributed by atoms with Gasteiger partial charge in [-0.3, -0.25) is 9.88 Å². The highest BCUT2D eigenvalue weighted by Gasteiger charge is 2.24. The lowest BCUT2D eigenvalue weighted by molar-refractivity contribution is -0.0772. The van der Waals surface area contributed by atoms with Crippen LogP contribution in [0.4, 0.5) is 0 Å². The molecule has 2 aromatic heterocycles. The van der Waals surface area contributed by atoms with Gasteiger partial charge >= 0.3 is 0 Å². The molecule has 0 bridgehead atoms. The van der Waals surface area contributed by atoms with E-state index in [-0.39, 0.29) is 12.2 Å². The number of aliphatic hydroxyl groups excluding tert-OH is 1. The first-order chi connectivity index (χ1) is 11.1. The highest BCUT2D eigenvalue weighted by atomic mass is 16.5. The quantitative estimate of drug-likeness (QED) is 0.904. The van der Waals surface area contributed by atoms with Crippen molar-refractivity contribution in [2.75, 3.05) is 19.6 Å². The van der Waals surface area contributed by atoms with E-state index in [1.165, 1.54) is 0 Å². The molecule has 2 aromatic rings. The molecule has 6 heteroatoms. The first kappa shape index (κ1) is 16.1. The summed E-state index contributed by atoms with van der Waals surface area (Å²) in [4.78, 5) is 10.7. The van der Waals surface area contributed by atoms with E-state index in [9.17, 15) is 5.11 Å². The molecule has 0 saturated carbocycles. The van der Waals surface area contributed by atoms with Crippen molar-refractivity contribution in [3.8, 4) is 11.4 Å². The highest BCUT2D eigenvalue weighted by Crippen LogP contribution is 2.17. The van der Waals surface area contributed by atoms with E-state index >= 15 is 0 Å². The number of hydrogen-bond donors (Lipinski definition) is 1. The molecule has 0 aliphatic carbocycles. The van der Waals surface area contributed by atoms with Crippen molar-refractivity contribution in [1.82, 2.24) is 19.4 Å². The standard InChI is InChI=1S/C17H24N4O2/c1-13-9-20(10-14(2)23-13)11-16(22)12-21-8-7-19-17(21)15-3-5-18-6-4-15/h3-8,13-14,16,22H,9-12H2,1-2H3. The van der Waals surface area contributed by atoms with Crippen molar-refractivity contribution in [3.05, 3.63) is 36.9 Å². The lowest BCUT2D eigenvalue weighted by Crippen LogP contribution is -2.48. The van der Waals surface area contributed by atoms with E-state index < -0.39 is 6.10 Å². The molecule has 1 N–H and O–H groups in total. The first-order valence-corrected chi connectivity index (χ1v) is 8.09. The Morgan fingerprint density at radius 3 is 2.57 bits per heavy atom. The van der Waals surface area contributed by atoms with E-state index in [2.05, 4.69) is 28.7 Å². The van der Waals surface area contributed by atoms with E-state index in [1.807, 2.05) is 22.9 Å². The third kappa shape index (κ3) is 4.16. The summed E-state index contributed by atoms with van der Waals surface area (Å²) < 4.78 is 7.73. The van der Waals surface area contributed by atoms with Crippen molar-refractivity contribution in [3.63, 3.8) is 0 Å². The van der Waals surface area contributed by atoms with Gasteiger partial charge in [-0.05, 0) is 26.0 Å². The van der Waals surface area contributed by atoms with Crippen molar-refractivity contribution >= 4 is 0 Å². The molecular formula is C17H24N4O2. The van der Waals surface area contributed by atoms with Crippen LogP contribution < -0.4 is 0 Å². The fourth-order valence-corrected chi connectivity index (χ4v) is 3.23. The molecule has 1 saturated heterocycles. The summed E-state index contributed by atoms with van der Waals surface area (Å²) in [6.07, 6.45) is 7.16. The molecule has 0 spiro atoms. The number of pyridine rings is 1. The number of β-amino-alcohol motifs (C(OH)–C–C–N with tert-alkyl or cyclic N) is 1. The predicted octanol–water partition coefficient (Wildman–Crippen LogP) is 1.42. The van der Waals surface area contributed by atoms with Crippen LogP contribution in [0.25, 0.3) is 11.4 Å². The molecule has 6 nitrogen and oxygen atoms in total. The van der Waals surface area contributed by atoms with Crippen molar-refractivity contribution in [2.45, 2.75) is 38.7 Å². The Bertz CT molecular complexity index is 606. The number of aromatic nitrogens is 3.